The summed E-state index contributed by atoms with van der Waals surface area (Å²) < 4.78 is 0. The average Bonchev–Trinajstić information content (AvgIpc) is 2.84. The van der Waals surface area contributed by atoms with Gasteiger partial charge in [-0.2, -0.15) is 0 Å². The molecule has 0 amide bonds. The Hall–Kier alpha value is -1.32. The molecule has 1 saturated carbocycles. The Labute approximate surface area is 116 Å². The molecule has 0 spiro atoms. The van der Waals surface area contributed by atoms with Crippen LogP contribution in [0.4, 0.5) is 11.6 Å². The van der Waals surface area contributed by atoms with Crippen molar-refractivity contribution in [2.24, 2.45) is 5.41 Å². The summed E-state index contributed by atoms with van der Waals surface area (Å²) in [6.07, 6.45) is 6.25. The molecular weight excluding hydrogens is 236 g/mol. The van der Waals surface area contributed by atoms with E-state index in [1.807, 2.05) is 6.07 Å². The summed E-state index contributed by atoms with van der Waals surface area (Å²) in [6.45, 7) is 8.45. The van der Waals surface area contributed by atoms with E-state index < -0.39 is 0 Å². The number of rotatable bonds is 6. The first-order chi connectivity index (χ1) is 9.15. The van der Waals surface area contributed by atoms with Crippen molar-refractivity contribution in [1.29, 1.82) is 0 Å². The summed E-state index contributed by atoms with van der Waals surface area (Å²) in [5, 5.41) is 6.78. The van der Waals surface area contributed by atoms with E-state index >= 15 is 0 Å². The minimum Gasteiger partial charge on any atom is -0.370 e. The van der Waals surface area contributed by atoms with Crippen molar-refractivity contribution < 1.29 is 0 Å². The second-order valence-corrected chi connectivity index (χ2v) is 5.81. The molecule has 4 heteroatoms. The summed E-state index contributed by atoms with van der Waals surface area (Å²) >= 11 is 0. The van der Waals surface area contributed by atoms with Gasteiger partial charge in [0.05, 0.1) is 0 Å². The molecule has 0 aromatic carbocycles. The fraction of sp³-hybridized carbons (Fsp3) is 0.733. The summed E-state index contributed by atoms with van der Waals surface area (Å²) in [4.78, 5) is 9.04. The summed E-state index contributed by atoms with van der Waals surface area (Å²) in [5.74, 6) is 2.78. The molecule has 0 atom stereocenters. The van der Waals surface area contributed by atoms with Gasteiger partial charge >= 0.3 is 0 Å². The maximum absolute atomic E-state index is 4.56. The Morgan fingerprint density at radius 3 is 2.32 bits per heavy atom. The molecular formula is C15H26N4. The largest absolute Gasteiger partial charge is 0.370 e. The van der Waals surface area contributed by atoms with Gasteiger partial charge in [-0.05, 0) is 25.2 Å². The van der Waals surface area contributed by atoms with Gasteiger partial charge in [0.2, 0.25) is 0 Å². The van der Waals surface area contributed by atoms with Crippen LogP contribution >= 0.6 is 0 Å². The summed E-state index contributed by atoms with van der Waals surface area (Å²) in [7, 11) is 0. The zero-order chi connectivity index (χ0) is 13.7. The second kappa shape index (κ2) is 6.22. The van der Waals surface area contributed by atoms with Crippen LogP contribution < -0.4 is 10.6 Å². The monoisotopic (exact) mass is 262 g/mol. The van der Waals surface area contributed by atoms with Gasteiger partial charge < -0.3 is 10.6 Å². The molecule has 0 bridgehead atoms. The SMILES string of the molecule is CCNc1cc(NCC2(C)CCCC2)nc(CC)n1. The number of anilines is 2. The standard InChI is InChI=1S/C15H26N4/c1-4-12-18-13(16-5-2)10-14(19-12)17-11-15(3)8-6-7-9-15/h10H,4-9,11H2,1-3H3,(H2,16,17,18,19). The predicted octanol–water partition coefficient (Wildman–Crippen LogP) is 3.46. The molecule has 1 aliphatic rings. The quantitative estimate of drug-likeness (QED) is 0.824. The van der Waals surface area contributed by atoms with Crippen LogP contribution in [0.1, 0.15) is 52.3 Å². The first-order valence-corrected chi connectivity index (χ1v) is 7.51. The minimum atomic E-state index is 0.440. The van der Waals surface area contributed by atoms with Crippen LogP contribution in [0.25, 0.3) is 0 Å². The van der Waals surface area contributed by atoms with Crippen molar-refractivity contribution >= 4 is 11.6 Å². The predicted molar refractivity (Wildman–Crippen MR) is 80.6 cm³/mol. The Kier molecular flexibility index (Phi) is 4.61. The number of nitrogens with one attached hydrogen (secondary N) is 2. The lowest BCUT2D eigenvalue weighted by Gasteiger charge is -2.24. The molecule has 1 heterocycles. The number of nitrogens with zero attached hydrogens (tertiary/aromatic N) is 2. The average molecular weight is 262 g/mol. The fourth-order valence-corrected chi connectivity index (χ4v) is 2.73. The van der Waals surface area contributed by atoms with Crippen molar-refractivity contribution in [2.45, 2.75) is 52.9 Å². The molecule has 106 valence electrons. The van der Waals surface area contributed by atoms with E-state index in [4.69, 9.17) is 0 Å². The van der Waals surface area contributed by atoms with Gasteiger partial charge in [0.1, 0.15) is 17.5 Å². The van der Waals surface area contributed by atoms with E-state index in [1.165, 1.54) is 25.7 Å². The topological polar surface area (TPSA) is 49.8 Å². The van der Waals surface area contributed by atoms with Crippen molar-refractivity contribution in [2.75, 3.05) is 23.7 Å². The van der Waals surface area contributed by atoms with E-state index in [1.54, 1.807) is 0 Å². The van der Waals surface area contributed by atoms with E-state index in [9.17, 15) is 0 Å². The van der Waals surface area contributed by atoms with Gasteiger partial charge in [0.25, 0.3) is 0 Å². The van der Waals surface area contributed by atoms with Gasteiger partial charge in [0.15, 0.2) is 0 Å². The molecule has 0 unspecified atom stereocenters. The highest BCUT2D eigenvalue weighted by Crippen LogP contribution is 2.37. The van der Waals surface area contributed by atoms with Crippen molar-refractivity contribution in [3.8, 4) is 0 Å². The van der Waals surface area contributed by atoms with Gasteiger partial charge in [-0.15, -0.1) is 0 Å². The Balaban J connectivity index is 2.04. The van der Waals surface area contributed by atoms with E-state index in [0.717, 1.165) is 37.0 Å². The third-order valence-electron chi connectivity index (χ3n) is 3.95. The Morgan fingerprint density at radius 1 is 1.11 bits per heavy atom. The van der Waals surface area contributed by atoms with Crippen LogP contribution in [-0.2, 0) is 6.42 Å². The molecule has 0 radical (unpaired) electrons. The number of aryl methyl sites for hydroxylation is 1. The molecule has 2 N–H and O–H groups in total. The van der Waals surface area contributed by atoms with Gasteiger partial charge in [0, 0.05) is 25.6 Å². The van der Waals surface area contributed by atoms with Gasteiger partial charge in [-0.1, -0.05) is 26.7 Å². The fourth-order valence-electron chi connectivity index (χ4n) is 2.73. The Bertz CT molecular complexity index is 411. The highest BCUT2D eigenvalue weighted by Gasteiger charge is 2.28. The molecule has 0 saturated heterocycles. The number of hydrogen-bond donors (Lipinski definition) is 2. The van der Waals surface area contributed by atoms with E-state index in [0.29, 0.717) is 5.41 Å². The molecule has 1 aliphatic carbocycles. The van der Waals surface area contributed by atoms with Crippen LogP contribution in [0.3, 0.4) is 0 Å². The molecule has 2 rings (SSSR count). The molecule has 1 fully saturated rings. The first-order valence-electron chi connectivity index (χ1n) is 7.51. The highest BCUT2D eigenvalue weighted by atomic mass is 15.1. The number of aromatic nitrogens is 2. The van der Waals surface area contributed by atoms with Crippen molar-refractivity contribution in [1.82, 2.24) is 9.97 Å². The normalized spacial score (nSPS) is 17.4. The maximum atomic E-state index is 4.56. The van der Waals surface area contributed by atoms with Crippen LogP contribution in [0.2, 0.25) is 0 Å². The van der Waals surface area contributed by atoms with Crippen LogP contribution in [0.15, 0.2) is 6.07 Å². The molecule has 4 nitrogen and oxygen atoms in total. The zero-order valence-corrected chi connectivity index (χ0v) is 12.4. The van der Waals surface area contributed by atoms with Crippen LogP contribution in [0, 0.1) is 5.41 Å². The first kappa shape index (κ1) is 14.1. The number of hydrogen-bond acceptors (Lipinski definition) is 4. The third kappa shape index (κ3) is 3.82. The van der Waals surface area contributed by atoms with Crippen LogP contribution in [-0.4, -0.2) is 23.1 Å². The molecule has 19 heavy (non-hydrogen) atoms. The maximum Gasteiger partial charge on any atom is 0.132 e. The van der Waals surface area contributed by atoms with Crippen LogP contribution in [0.5, 0.6) is 0 Å². The molecule has 1 aromatic heterocycles. The lowest BCUT2D eigenvalue weighted by Crippen LogP contribution is -2.23. The Morgan fingerprint density at radius 2 is 1.74 bits per heavy atom. The minimum absolute atomic E-state index is 0.440. The zero-order valence-electron chi connectivity index (χ0n) is 12.4. The van der Waals surface area contributed by atoms with Gasteiger partial charge in [-0.3, -0.25) is 0 Å². The summed E-state index contributed by atoms with van der Waals surface area (Å²) in [6, 6.07) is 2.01. The van der Waals surface area contributed by atoms with Crippen molar-refractivity contribution in [3.05, 3.63) is 11.9 Å². The molecule has 1 aromatic rings. The highest BCUT2D eigenvalue weighted by molar-refractivity contribution is 5.47. The lowest BCUT2D eigenvalue weighted by molar-refractivity contribution is 0.361. The van der Waals surface area contributed by atoms with E-state index in [-0.39, 0.29) is 0 Å². The lowest BCUT2D eigenvalue weighted by atomic mass is 9.89. The van der Waals surface area contributed by atoms with Crippen molar-refractivity contribution in [3.63, 3.8) is 0 Å². The molecule has 0 aliphatic heterocycles. The second-order valence-electron chi connectivity index (χ2n) is 5.81. The smallest absolute Gasteiger partial charge is 0.132 e. The summed E-state index contributed by atoms with van der Waals surface area (Å²) in [5.41, 5.74) is 0.440. The third-order valence-corrected chi connectivity index (χ3v) is 3.95. The van der Waals surface area contributed by atoms with Gasteiger partial charge in [-0.25, -0.2) is 9.97 Å². The van der Waals surface area contributed by atoms with E-state index in [2.05, 4.69) is 41.4 Å².